The van der Waals surface area contributed by atoms with Gasteiger partial charge in [0.25, 0.3) is 5.91 Å². The summed E-state index contributed by atoms with van der Waals surface area (Å²) in [6, 6.07) is 14.0. The lowest BCUT2D eigenvalue weighted by atomic mass is 10.2. The fourth-order valence-electron chi connectivity index (χ4n) is 2.17. The number of hydrogen-bond donors (Lipinski definition) is 1. The molecule has 0 radical (unpaired) electrons. The second kappa shape index (κ2) is 9.94. The molecule has 0 aliphatic heterocycles. The van der Waals surface area contributed by atoms with E-state index in [1.54, 1.807) is 42.5 Å². The molecule has 136 valence electrons. The van der Waals surface area contributed by atoms with Crippen LogP contribution in [-0.2, 0) is 4.79 Å². The molecule has 1 N–H and O–H groups in total. The van der Waals surface area contributed by atoms with Gasteiger partial charge < -0.3 is 19.5 Å². The standard InChI is InChI=1S/C20H22N2O4/c1-3-11-25-16-6-8-17(9-7-16)26-14-20(23)22-18-12-15(13-21)5-10-19(18)24-4-2/h5-10,12H,3-4,11,14H2,1-2H3,(H,22,23). The lowest BCUT2D eigenvalue weighted by molar-refractivity contribution is -0.118. The number of ether oxygens (including phenoxy) is 3. The number of hydrogen-bond acceptors (Lipinski definition) is 5. The normalized spacial score (nSPS) is 9.88. The van der Waals surface area contributed by atoms with Crippen LogP contribution in [-0.4, -0.2) is 25.7 Å². The maximum Gasteiger partial charge on any atom is 0.262 e. The minimum Gasteiger partial charge on any atom is -0.494 e. The molecule has 0 saturated heterocycles. The summed E-state index contributed by atoms with van der Waals surface area (Å²) in [6.07, 6.45) is 0.940. The van der Waals surface area contributed by atoms with Gasteiger partial charge in [-0.3, -0.25) is 4.79 Å². The van der Waals surface area contributed by atoms with Gasteiger partial charge in [0.15, 0.2) is 6.61 Å². The second-order valence-electron chi connectivity index (χ2n) is 5.41. The third kappa shape index (κ3) is 5.71. The smallest absolute Gasteiger partial charge is 0.262 e. The van der Waals surface area contributed by atoms with Gasteiger partial charge in [-0.1, -0.05) is 6.92 Å². The van der Waals surface area contributed by atoms with Gasteiger partial charge in [0.2, 0.25) is 0 Å². The van der Waals surface area contributed by atoms with E-state index in [2.05, 4.69) is 5.32 Å². The Morgan fingerprint density at radius 3 is 2.35 bits per heavy atom. The molecule has 2 rings (SSSR count). The number of amides is 1. The van der Waals surface area contributed by atoms with E-state index in [1.807, 2.05) is 19.9 Å². The first kappa shape index (κ1) is 19.1. The summed E-state index contributed by atoms with van der Waals surface area (Å²) in [7, 11) is 0. The van der Waals surface area contributed by atoms with Gasteiger partial charge in [0, 0.05) is 0 Å². The van der Waals surface area contributed by atoms with E-state index in [4.69, 9.17) is 19.5 Å². The van der Waals surface area contributed by atoms with Gasteiger partial charge in [-0.2, -0.15) is 5.26 Å². The van der Waals surface area contributed by atoms with Crippen LogP contribution < -0.4 is 19.5 Å². The Bertz CT molecular complexity index is 766. The molecular weight excluding hydrogens is 332 g/mol. The molecule has 0 aliphatic carbocycles. The number of benzene rings is 2. The van der Waals surface area contributed by atoms with Crippen LogP contribution in [0.15, 0.2) is 42.5 Å². The van der Waals surface area contributed by atoms with E-state index in [9.17, 15) is 4.79 Å². The fourth-order valence-corrected chi connectivity index (χ4v) is 2.17. The average molecular weight is 354 g/mol. The minimum atomic E-state index is -0.340. The largest absolute Gasteiger partial charge is 0.494 e. The number of rotatable bonds is 9. The highest BCUT2D eigenvalue weighted by atomic mass is 16.5. The van der Waals surface area contributed by atoms with Gasteiger partial charge >= 0.3 is 0 Å². The first-order valence-electron chi connectivity index (χ1n) is 8.48. The lowest BCUT2D eigenvalue weighted by Crippen LogP contribution is -2.20. The maximum absolute atomic E-state index is 12.2. The number of carbonyl (C=O) groups is 1. The van der Waals surface area contributed by atoms with Crippen LogP contribution in [0, 0.1) is 11.3 Å². The Labute approximate surface area is 153 Å². The van der Waals surface area contributed by atoms with Crippen molar-refractivity contribution in [2.24, 2.45) is 0 Å². The molecule has 0 heterocycles. The molecule has 0 fully saturated rings. The Hall–Kier alpha value is -3.20. The zero-order chi connectivity index (χ0) is 18.8. The van der Waals surface area contributed by atoms with E-state index in [0.29, 0.717) is 36.0 Å². The predicted octanol–water partition coefficient (Wildman–Crippen LogP) is 3.76. The van der Waals surface area contributed by atoms with Crippen molar-refractivity contribution in [1.82, 2.24) is 0 Å². The summed E-state index contributed by atoms with van der Waals surface area (Å²) in [5, 5.41) is 11.7. The van der Waals surface area contributed by atoms with E-state index >= 15 is 0 Å². The van der Waals surface area contributed by atoms with Crippen molar-refractivity contribution >= 4 is 11.6 Å². The van der Waals surface area contributed by atoms with Crippen molar-refractivity contribution in [2.45, 2.75) is 20.3 Å². The van der Waals surface area contributed by atoms with Gasteiger partial charge in [-0.15, -0.1) is 0 Å². The number of carbonyl (C=O) groups excluding carboxylic acids is 1. The molecule has 0 bridgehead atoms. The topological polar surface area (TPSA) is 80.6 Å². The van der Waals surface area contributed by atoms with E-state index in [-0.39, 0.29) is 12.5 Å². The summed E-state index contributed by atoms with van der Waals surface area (Å²) in [5.41, 5.74) is 0.884. The molecular formula is C20H22N2O4. The number of nitrogens with one attached hydrogen (secondary N) is 1. The van der Waals surface area contributed by atoms with E-state index in [1.165, 1.54) is 0 Å². The summed E-state index contributed by atoms with van der Waals surface area (Å²) in [6.45, 7) is 4.85. The van der Waals surface area contributed by atoms with Gasteiger partial charge in [0.05, 0.1) is 30.5 Å². The van der Waals surface area contributed by atoms with Gasteiger partial charge in [-0.25, -0.2) is 0 Å². The second-order valence-corrected chi connectivity index (χ2v) is 5.41. The Balaban J connectivity index is 1.93. The highest BCUT2D eigenvalue weighted by molar-refractivity contribution is 5.93. The summed E-state index contributed by atoms with van der Waals surface area (Å²) < 4.78 is 16.4. The van der Waals surface area contributed by atoms with Crippen molar-refractivity contribution in [3.05, 3.63) is 48.0 Å². The first-order chi connectivity index (χ1) is 12.7. The average Bonchev–Trinajstić information content (AvgIpc) is 2.67. The van der Waals surface area contributed by atoms with Gasteiger partial charge in [-0.05, 0) is 55.8 Å². The molecule has 2 aromatic carbocycles. The van der Waals surface area contributed by atoms with Crippen LogP contribution in [0.3, 0.4) is 0 Å². The predicted molar refractivity (Wildman–Crippen MR) is 98.7 cm³/mol. The first-order valence-corrected chi connectivity index (χ1v) is 8.48. The van der Waals surface area contributed by atoms with E-state index in [0.717, 1.165) is 12.2 Å². The minimum absolute atomic E-state index is 0.155. The van der Waals surface area contributed by atoms with Crippen LogP contribution in [0.25, 0.3) is 0 Å². The molecule has 0 atom stereocenters. The summed E-state index contributed by atoms with van der Waals surface area (Å²) >= 11 is 0. The van der Waals surface area contributed by atoms with Crippen LogP contribution in [0.1, 0.15) is 25.8 Å². The molecule has 0 aromatic heterocycles. The zero-order valence-electron chi connectivity index (χ0n) is 15.0. The Morgan fingerprint density at radius 2 is 1.73 bits per heavy atom. The van der Waals surface area contributed by atoms with Crippen LogP contribution in [0.2, 0.25) is 0 Å². The number of nitrogens with zero attached hydrogens (tertiary/aromatic N) is 1. The molecule has 26 heavy (non-hydrogen) atoms. The van der Waals surface area contributed by atoms with Gasteiger partial charge in [0.1, 0.15) is 17.2 Å². The number of nitriles is 1. The Morgan fingerprint density at radius 1 is 1.04 bits per heavy atom. The molecule has 2 aromatic rings. The number of anilines is 1. The maximum atomic E-state index is 12.2. The Kier molecular flexibility index (Phi) is 7.31. The van der Waals surface area contributed by atoms with Crippen LogP contribution in [0.5, 0.6) is 17.2 Å². The van der Waals surface area contributed by atoms with E-state index < -0.39 is 0 Å². The van der Waals surface area contributed by atoms with Crippen molar-refractivity contribution in [3.8, 4) is 23.3 Å². The van der Waals surface area contributed by atoms with Crippen LogP contribution in [0.4, 0.5) is 5.69 Å². The molecule has 0 spiro atoms. The van der Waals surface area contributed by atoms with Crippen molar-refractivity contribution in [2.75, 3.05) is 25.1 Å². The summed E-state index contributed by atoms with van der Waals surface area (Å²) in [4.78, 5) is 12.2. The molecule has 0 saturated carbocycles. The summed E-state index contributed by atoms with van der Waals surface area (Å²) in [5.74, 6) is 1.50. The van der Waals surface area contributed by atoms with Crippen molar-refractivity contribution in [3.63, 3.8) is 0 Å². The highest BCUT2D eigenvalue weighted by Gasteiger charge is 2.10. The highest BCUT2D eigenvalue weighted by Crippen LogP contribution is 2.26. The molecule has 6 nitrogen and oxygen atoms in total. The third-order valence-corrected chi connectivity index (χ3v) is 3.35. The van der Waals surface area contributed by atoms with Crippen LogP contribution >= 0.6 is 0 Å². The van der Waals surface area contributed by atoms with Crippen molar-refractivity contribution < 1.29 is 19.0 Å². The molecule has 6 heteroatoms. The fraction of sp³-hybridized carbons (Fsp3) is 0.300. The monoisotopic (exact) mass is 354 g/mol. The lowest BCUT2D eigenvalue weighted by Gasteiger charge is -2.12. The molecule has 0 aliphatic rings. The molecule has 1 amide bonds. The third-order valence-electron chi connectivity index (χ3n) is 3.35. The SMILES string of the molecule is CCCOc1ccc(OCC(=O)Nc2cc(C#N)ccc2OCC)cc1. The zero-order valence-corrected chi connectivity index (χ0v) is 15.0. The van der Waals surface area contributed by atoms with Crippen molar-refractivity contribution in [1.29, 1.82) is 5.26 Å². The quantitative estimate of drug-likeness (QED) is 0.741. The molecule has 0 unspecified atom stereocenters.